The smallest absolute Gasteiger partial charge is 0.248 e. The maximum atomic E-state index is 8.07. The predicted molar refractivity (Wildman–Crippen MR) is 442 cm³/mol. The van der Waals surface area contributed by atoms with Gasteiger partial charge in [0.2, 0.25) is 6.71 Å². The van der Waals surface area contributed by atoms with Crippen LogP contribution in [0.3, 0.4) is 0 Å². The minimum absolute atomic E-state index is 0.0991. The van der Waals surface area contributed by atoms with Gasteiger partial charge >= 0.3 is 0 Å². The maximum absolute atomic E-state index is 8.07. The van der Waals surface area contributed by atoms with Gasteiger partial charge in [0.15, 0.2) is 0 Å². The fourth-order valence-corrected chi connectivity index (χ4v) is 18.2. The first kappa shape index (κ1) is 66.9. The van der Waals surface area contributed by atoms with E-state index in [1.54, 1.807) is 0 Å². The van der Waals surface area contributed by atoms with Gasteiger partial charge in [-0.1, -0.05) is 273 Å². The average molecular weight is 1320 g/mol. The van der Waals surface area contributed by atoms with Crippen molar-refractivity contribution in [1.82, 2.24) is 0 Å². The number of hydrogen-bond acceptors (Lipinski definition) is 2. The second-order valence-corrected chi connectivity index (χ2v) is 37.1. The van der Waals surface area contributed by atoms with Crippen molar-refractivity contribution < 1.29 is 0 Å². The summed E-state index contributed by atoms with van der Waals surface area (Å²) < 4.78 is 0. The van der Waals surface area contributed by atoms with Crippen molar-refractivity contribution in [2.45, 2.75) is 216 Å². The molecule has 2 radical (unpaired) electrons. The number of nitrogens with zero attached hydrogens (tertiary/aromatic N) is 2. The molecule has 506 valence electrons. The van der Waals surface area contributed by atoms with Gasteiger partial charge in [-0.15, -0.1) is 0 Å². The van der Waals surface area contributed by atoms with Crippen molar-refractivity contribution in [3.05, 3.63) is 237 Å². The van der Waals surface area contributed by atoms with E-state index < -0.39 is 0 Å². The zero-order chi connectivity index (χ0) is 71.7. The van der Waals surface area contributed by atoms with Crippen LogP contribution >= 0.6 is 0 Å². The molecule has 4 aliphatic rings. The monoisotopic (exact) mass is 1320 g/mol. The Morgan fingerprint density at radius 1 is 0.337 bits per heavy atom. The molecule has 0 saturated carbocycles. The Morgan fingerprint density at radius 2 is 0.782 bits per heavy atom. The second kappa shape index (κ2) is 22.7. The van der Waals surface area contributed by atoms with Gasteiger partial charge in [-0.05, 0) is 272 Å². The molecular formula is C97H102B2N2. The summed E-state index contributed by atoms with van der Waals surface area (Å²) in [6, 6.07) is 68.9. The molecule has 16 rings (SSSR count). The van der Waals surface area contributed by atoms with Crippen LogP contribution in [0.1, 0.15) is 256 Å². The normalized spacial score (nSPS) is 14.9. The van der Waals surface area contributed by atoms with E-state index in [0.29, 0.717) is 11.8 Å². The van der Waals surface area contributed by atoms with Gasteiger partial charge < -0.3 is 9.80 Å². The Bertz CT molecular complexity index is 5410. The van der Waals surface area contributed by atoms with Crippen molar-refractivity contribution in [2.24, 2.45) is 0 Å². The molecule has 2 nitrogen and oxygen atoms in total. The van der Waals surface area contributed by atoms with E-state index in [-0.39, 0.29) is 51.5 Å². The Balaban J connectivity index is 1.21. The molecule has 101 heavy (non-hydrogen) atoms. The Morgan fingerprint density at radius 3 is 1.32 bits per heavy atom. The lowest BCUT2D eigenvalue weighted by atomic mass is 9.32. The largest absolute Gasteiger partial charge is 0.311 e. The van der Waals surface area contributed by atoms with E-state index in [1.165, 1.54) is 189 Å². The molecule has 12 aromatic rings. The number of fused-ring (bicyclic) bond motifs is 8. The fourth-order valence-electron chi connectivity index (χ4n) is 18.2. The van der Waals surface area contributed by atoms with Gasteiger partial charge in [0.25, 0.3) is 0 Å². The predicted octanol–water partition coefficient (Wildman–Crippen LogP) is 24.9. The SMILES string of the molecule is [B]c1cc(C(C)(C)C)cc(C(C)(C)C)c1-c1cc2c3c(cc4c(-c5c(C(C)(C)C)cc(C(C)(C)C)cc5C(C)(C)C)cc5c6c(cc1c3c46)B1c3ccc(C(C)C)cc3N(c3ccccc3)c3cc(C(C)C)cc-5c31)C1c3ccc(C(C)C)cc3N(c3ccccc3)c3cc(C(C)C)cc-2c31. The number of hydrogen-bond donors (Lipinski definition) is 0. The van der Waals surface area contributed by atoms with Gasteiger partial charge in [-0.3, -0.25) is 0 Å². The molecule has 1 atom stereocenters. The third kappa shape index (κ3) is 10.2. The highest BCUT2D eigenvalue weighted by Gasteiger charge is 2.47. The van der Waals surface area contributed by atoms with Crippen molar-refractivity contribution >= 4 is 103 Å². The van der Waals surface area contributed by atoms with Crippen LogP contribution in [0.15, 0.2) is 170 Å². The summed E-state index contributed by atoms with van der Waals surface area (Å²) in [6.07, 6.45) is 0. The van der Waals surface area contributed by atoms with E-state index in [9.17, 15) is 0 Å². The number of benzene rings is 12. The molecule has 0 aromatic heterocycles. The molecule has 0 amide bonds. The molecule has 0 bridgehead atoms. The average Bonchev–Trinajstić information content (AvgIpc) is 0.662. The first-order chi connectivity index (χ1) is 47.5. The summed E-state index contributed by atoms with van der Waals surface area (Å²) >= 11 is 0. The van der Waals surface area contributed by atoms with Crippen LogP contribution < -0.4 is 31.7 Å². The van der Waals surface area contributed by atoms with Gasteiger partial charge in [0, 0.05) is 28.7 Å². The van der Waals surface area contributed by atoms with E-state index in [1.807, 2.05) is 0 Å². The summed E-state index contributed by atoms with van der Waals surface area (Å²) in [5.74, 6) is 1.07. The van der Waals surface area contributed by atoms with E-state index >= 15 is 0 Å². The van der Waals surface area contributed by atoms with Crippen LogP contribution in [-0.4, -0.2) is 14.6 Å². The molecule has 4 heteroatoms. The number of para-hydroxylation sites is 2. The van der Waals surface area contributed by atoms with Crippen LogP contribution in [0.4, 0.5) is 34.1 Å². The Kier molecular flexibility index (Phi) is 15.0. The first-order valence-electron chi connectivity index (χ1n) is 37.9. The van der Waals surface area contributed by atoms with E-state index in [4.69, 9.17) is 7.85 Å². The summed E-state index contributed by atoms with van der Waals surface area (Å²) in [5.41, 5.74) is 37.8. The van der Waals surface area contributed by atoms with Gasteiger partial charge in [-0.2, -0.15) is 0 Å². The van der Waals surface area contributed by atoms with E-state index in [0.717, 1.165) is 11.0 Å². The van der Waals surface area contributed by atoms with E-state index in [2.05, 4.69) is 339 Å². The molecule has 3 aliphatic heterocycles. The lowest BCUT2D eigenvalue weighted by molar-refractivity contribution is 0.550. The summed E-state index contributed by atoms with van der Waals surface area (Å²) in [4.78, 5) is 5.27. The molecule has 0 N–H and O–H groups in total. The van der Waals surface area contributed by atoms with Crippen molar-refractivity contribution in [1.29, 1.82) is 0 Å². The number of rotatable bonds is 8. The van der Waals surface area contributed by atoms with Gasteiger partial charge in [-0.25, -0.2) is 0 Å². The van der Waals surface area contributed by atoms with Crippen molar-refractivity contribution in [3.63, 3.8) is 0 Å². The van der Waals surface area contributed by atoms with Crippen LogP contribution in [0.25, 0.3) is 76.8 Å². The van der Waals surface area contributed by atoms with Gasteiger partial charge in [0.1, 0.15) is 7.85 Å². The van der Waals surface area contributed by atoms with Crippen LogP contribution in [0.2, 0.25) is 0 Å². The van der Waals surface area contributed by atoms with Crippen LogP contribution in [0, 0.1) is 0 Å². The molecule has 3 heterocycles. The maximum Gasteiger partial charge on any atom is 0.248 e. The Hall–Kier alpha value is -8.59. The summed E-state index contributed by atoms with van der Waals surface area (Å²) in [5, 5.41) is 8.04. The molecule has 0 spiro atoms. The van der Waals surface area contributed by atoms with Crippen molar-refractivity contribution in [3.8, 4) is 44.5 Å². The lowest BCUT2D eigenvalue weighted by Crippen LogP contribution is -2.59. The second-order valence-electron chi connectivity index (χ2n) is 37.1. The standard InChI is InChI=1S/C97H102B2N2/c1-52(2)56-34-36-64-80(40-56)100(62-30-26-24-27-31-62)82-42-58(54(5)6)38-65-66-48-68(87-76(97(21,22)23)46-61(47-77(87)98)94(12,13)14)71-51-79-88-70(72-39-59(55(7)8)43-83-92(72)99(79)78-37-35-57(53(3)4)41-81(78)101(83)63-32-28-25-29-33-63)49-67(69-50-73(84(64)89(65)82)85(66)90(71)91(69)88)86-74(95(15,16)17)44-60(93(9,10)11)45-75(86)96(18,19)20/h24-55,84H,1-23H3. The lowest BCUT2D eigenvalue weighted by Gasteiger charge is -2.44. The molecule has 1 aliphatic carbocycles. The van der Waals surface area contributed by atoms with Gasteiger partial charge in [0.05, 0.1) is 11.4 Å². The van der Waals surface area contributed by atoms with Crippen molar-refractivity contribution in [2.75, 3.05) is 9.80 Å². The first-order valence-corrected chi connectivity index (χ1v) is 37.9. The molecule has 1 unspecified atom stereocenters. The zero-order valence-electron chi connectivity index (χ0n) is 64.6. The third-order valence-electron chi connectivity index (χ3n) is 23.7. The highest BCUT2D eigenvalue weighted by Crippen LogP contribution is 2.64. The highest BCUT2D eigenvalue weighted by molar-refractivity contribution is 7.01. The molecule has 0 saturated heterocycles. The topological polar surface area (TPSA) is 6.48 Å². The number of anilines is 6. The summed E-state index contributed by atoms with van der Waals surface area (Å²) in [7, 11) is 8.07. The molecule has 0 fully saturated rings. The quantitative estimate of drug-likeness (QED) is 0.111. The molecule has 12 aromatic carbocycles. The molecular weight excluding hydrogens is 1210 g/mol. The zero-order valence-corrected chi connectivity index (χ0v) is 64.6. The fraction of sp³-hybridized carbons (Fsp3) is 0.340. The summed E-state index contributed by atoms with van der Waals surface area (Å²) in [6.45, 7) is 55.1. The van der Waals surface area contributed by atoms with Crippen LogP contribution in [-0.2, 0) is 27.1 Å². The third-order valence-corrected chi connectivity index (χ3v) is 23.7. The minimum atomic E-state index is -0.284. The highest BCUT2D eigenvalue weighted by atomic mass is 15.2. The Labute approximate surface area is 605 Å². The van der Waals surface area contributed by atoms with Crippen LogP contribution in [0.5, 0.6) is 0 Å². The minimum Gasteiger partial charge on any atom is -0.311 e.